The highest BCUT2D eigenvalue weighted by atomic mass is 79.9. The molecule has 5 nitrogen and oxygen atoms in total. The number of amides is 2. The quantitative estimate of drug-likeness (QED) is 0.866. The van der Waals surface area contributed by atoms with E-state index in [0.29, 0.717) is 26.1 Å². The third-order valence-corrected chi connectivity index (χ3v) is 5.02. The van der Waals surface area contributed by atoms with Crippen LogP contribution in [-0.2, 0) is 11.2 Å². The maximum atomic E-state index is 12.0. The fraction of sp³-hybridized carbons (Fsp3) is 0.538. The Bertz CT molecular complexity index is 492. The van der Waals surface area contributed by atoms with E-state index in [1.807, 2.05) is 12.1 Å². The van der Waals surface area contributed by atoms with Gasteiger partial charge in [-0.05, 0) is 47.3 Å². The average molecular weight is 361 g/mol. The van der Waals surface area contributed by atoms with Crippen molar-refractivity contribution < 1.29 is 14.7 Å². The lowest BCUT2D eigenvalue weighted by Crippen LogP contribution is -2.47. The summed E-state index contributed by atoms with van der Waals surface area (Å²) in [4.78, 5) is 25.8. The lowest BCUT2D eigenvalue weighted by atomic mass is 9.99. The van der Waals surface area contributed by atoms with Crippen molar-refractivity contribution in [1.29, 1.82) is 0 Å². The fourth-order valence-electron chi connectivity index (χ4n) is 2.25. The molecule has 0 aromatic carbocycles. The van der Waals surface area contributed by atoms with E-state index in [1.54, 1.807) is 16.2 Å². The lowest BCUT2D eigenvalue weighted by Gasteiger charge is -2.30. The van der Waals surface area contributed by atoms with Crippen molar-refractivity contribution in [2.45, 2.75) is 19.3 Å². The molecule has 1 aliphatic rings. The Morgan fingerprint density at radius 2 is 2.30 bits per heavy atom. The van der Waals surface area contributed by atoms with Crippen LogP contribution >= 0.6 is 27.3 Å². The highest BCUT2D eigenvalue weighted by Gasteiger charge is 2.27. The SMILES string of the molecule is O=C(O)C1CCCN(C(=O)NCCc2ccc(Br)s2)C1. The van der Waals surface area contributed by atoms with Crippen molar-refractivity contribution in [3.05, 3.63) is 20.8 Å². The van der Waals surface area contributed by atoms with Gasteiger partial charge in [-0.15, -0.1) is 11.3 Å². The number of carboxylic acid groups (broad SMARTS) is 1. The van der Waals surface area contributed by atoms with Gasteiger partial charge in [-0.2, -0.15) is 0 Å². The van der Waals surface area contributed by atoms with Gasteiger partial charge in [0.05, 0.1) is 9.70 Å². The summed E-state index contributed by atoms with van der Waals surface area (Å²) in [6.07, 6.45) is 2.20. The number of rotatable bonds is 4. The Hall–Kier alpha value is -1.08. The second kappa shape index (κ2) is 7.08. The first-order valence-corrected chi connectivity index (χ1v) is 8.17. The number of aliphatic carboxylic acids is 1. The van der Waals surface area contributed by atoms with Gasteiger partial charge in [0.25, 0.3) is 0 Å². The maximum absolute atomic E-state index is 12.0. The van der Waals surface area contributed by atoms with E-state index in [0.717, 1.165) is 16.6 Å². The van der Waals surface area contributed by atoms with Gasteiger partial charge < -0.3 is 15.3 Å². The zero-order valence-corrected chi connectivity index (χ0v) is 13.4. The molecule has 110 valence electrons. The molecule has 2 amide bonds. The predicted octanol–water partition coefficient (Wildman–Crippen LogP) is 2.56. The number of nitrogens with zero attached hydrogens (tertiary/aromatic N) is 1. The number of carbonyl (C=O) groups excluding carboxylic acids is 1. The summed E-state index contributed by atoms with van der Waals surface area (Å²) in [6, 6.07) is 3.86. The lowest BCUT2D eigenvalue weighted by molar-refractivity contribution is -0.143. The van der Waals surface area contributed by atoms with E-state index >= 15 is 0 Å². The number of likely N-dealkylation sites (tertiary alicyclic amines) is 1. The molecule has 7 heteroatoms. The Balaban J connectivity index is 1.75. The standard InChI is InChI=1S/C13H17BrN2O3S/c14-11-4-3-10(20-11)5-6-15-13(19)16-7-1-2-9(8-16)12(17)18/h3-4,9H,1-2,5-8H2,(H,15,19)(H,17,18). The number of hydrogen-bond donors (Lipinski definition) is 2. The van der Waals surface area contributed by atoms with Crippen LogP contribution < -0.4 is 5.32 Å². The third kappa shape index (κ3) is 4.21. The summed E-state index contributed by atoms with van der Waals surface area (Å²) in [5, 5.41) is 11.9. The first-order chi connectivity index (χ1) is 9.56. The van der Waals surface area contributed by atoms with Gasteiger partial charge in [0.1, 0.15) is 0 Å². The zero-order chi connectivity index (χ0) is 14.5. The van der Waals surface area contributed by atoms with Crippen molar-refractivity contribution in [3.8, 4) is 0 Å². The number of hydrogen-bond acceptors (Lipinski definition) is 3. The van der Waals surface area contributed by atoms with Crippen LogP contribution in [-0.4, -0.2) is 41.6 Å². The van der Waals surface area contributed by atoms with Crippen molar-refractivity contribution in [2.24, 2.45) is 5.92 Å². The Kier molecular flexibility index (Phi) is 5.42. The Morgan fingerprint density at radius 3 is 2.95 bits per heavy atom. The molecular weight excluding hydrogens is 344 g/mol. The molecule has 1 aliphatic heterocycles. The Morgan fingerprint density at radius 1 is 1.50 bits per heavy atom. The van der Waals surface area contributed by atoms with Crippen LogP contribution in [0.4, 0.5) is 4.79 Å². The zero-order valence-electron chi connectivity index (χ0n) is 11.0. The van der Waals surface area contributed by atoms with E-state index in [9.17, 15) is 9.59 Å². The number of carbonyl (C=O) groups is 2. The monoisotopic (exact) mass is 360 g/mol. The van der Waals surface area contributed by atoms with Gasteiger partial charge in [0.2, 0.25) is 0 Å². The molecular formula is C13H17BrN2O3S. The molecule has 0 radical (unpaired) electrons. The topological polar surface area (TPSA) is 69.6 Å². The maximum Gasteiger partial charge on any atom is 0.317 e. The molecule has 0 spiro atoms. The minimum absolute atomic E-state index is 0.161. The van der Waals surface area contributed by atoms with E-state index < -0.39 is 11.9 Å². The van der Waals surface area contributed by atoms with Gasteiger partial charge >= 0.3 is 12.0 Å². The van der Waals surface area contributed by atoms with Crippen LogP contribution in [0.25, 0.3) is 0 Å². The molecule has 1 fully saturated rings. The number of urea groups is 1. The smallest absolute Gasteiger partial charge is 0.317 e. The Labute approximate surface area is 130 Å². The van der Waals surface area contributed by atoms with Crippen LogP contribution in [0.2, 0.25) is 0 Å². The van der Waals surface area contributed by atoms with Gasteiger partial charge in [0.15, 0.2) is 0 Å². The van der Waals surface area contributed by atoms with Crippen molar-refractivity contribution in [2.75, 3.05) is 19.6 Å². The molecule has 1 saturated heterocycles. The third-order valence-electron chi connectivity index (χ3n) is 3.33. The number of nitrogens with one attached hydrogen (secondary N) is 1. The predicted molar refractivity (Wildman–Crippen MR) is 81.1 cm³/mol. The van der Waals surface area contributed by atoms with Gasteiger partial charge in [-0.3, -0.25) is 4.79 Å². The first-order valence-electron chi connectivity index (χ1n) is 6.56. The van der Waals surface area contributed by atoms with Crippen LogP contribution in [0.15, 0.2) is 15.9 Å². The molecule has 2 rings (SSSR count). The number of thiophene rings is 1. The summed E-state index contributed by atoms with van der Waals surface area (Å²) in [5.74, 6) is -1.24. The molecule has 1 unspecified atom stereocenters. The summed E-state index contributed by atoms with van der Waals surface area (Å²) in [5.41, 5.74) is 0. The van der Waals surface area contributed by atoms with E-state index in [1.165, 1.54) is 4.88 Å². The normalized spacial score (nSPS) is 18.9. The molecule has 0 saturated carbocycles. The van der Waals surface area contributed by atoms with Gasteiger partial charge in [-0.25, -0.2) is 4.79 Å². The highest BCUT2D eigenvalue weighted by molar-refractivity contribution is 9.11. The largest absolute Gasteiger partial charge is 0.481 e. The van der Waals surface area contributed by atoms with Crippen LogP contribution in [0.1, 0.15) is 17.7 Å². The first kappa shape index (κ1) is 15.3. The van der Waals surface area contributed by atoms with E-state index in [4.69, 9.17) is 5.11 Å². The van der Waals surface area contributed by atoms with Gasteiger partial charge in [0, 0.05) is 24.5 Å². The molecule has 20 heavy (non-hydrogen) atoms. The summed E-state index contributed by atoms with van der Waals surface area (Å²) in [6.45, 7) is 1.52. The van der Waals surface area contributed by atoms with Gasteiger partial charge in [-0.1, -0.05) is 0 Å². The molecule has 2 N–H and O–H groups in total. The van der Waals surface area contributed by atoms with Crippen molar-refractivity contribution in [1.82, 2.24) is 10.2 Å². The van der Waals surface area contributed by atoms with Crippen molar-refractivity contribution in [3.63, 3.8) is 0 Å². The molecule has 0 aliphatic carbocycles. The minimum Gasteiger partial charge on any atom is -0.481 e. The van der Waals surface area contributed by atoms with Crippen LogP contribution in [0, 0.1) is 5.92 Å². The number of carboxylic acids is 1. The molecule has 1 atom stereocenters. The average Bonchev–Trinajstić information content (AvgIpc) is 2.84. The molecule has 1 aromatic heterocycles. The second-order valence-corrected chi connectivity index (χ2v) is 7.36. The van der Waals surface area contributed by atoms with E-state index in [-0.39, 0.29) is 6.03 Å². The van der Waals surface area contributed by atoms with Crippen LogP contribution in [0.5, 0.6) is 0 Å². The van der Waals surface area contributed by atoms with Crippen LogP contribution in [0.3, 0.4) is 0 Å². The summed E-state index contributed by atoms with van der Waals surface area (Å²) < 4.78 is 1.08. The molecule has 0 bridgehead atoms. The summed E-state index contributed by atoms with van der Waals surface area (Å²) >= 11 is 5.06. The second-order valence-electron chi connectivity index (χ2n) is 4.81. The fourth-order valence-corrected chi connectivity index (χ4v) is 3.74. The highest BCUT2D eigenvalue weighted by Crippen LogP contribution is 2.22. The van der Waals surface area contributed by atoms with Crippen molar-refractivity contribution >= 4 is 39.3 Å². The molecule has 1 aromatic rings. The van der Waals surface area contributed by atoms with E-state index in [2.05, 4.69) is 21.2 Å². The number of halogens is 1. The molecule has 2 heterocycles. The summed E-state index contributed by atoms with van der Waals surface area (Å²) in [7, 11) is 0. The minimum atomic E-state index is -0.814. The number of piperidine rings is 1.